The first-order valence-electron chi connectivity index (χ1n) is 21.0. The van der Waals surface area contributed by atoms with Gasteiger partial charge in [0.1, 0.15) is 23.4 Å². The standard InChI is InChI=1S/C45H47F2N9O5/c1-45(2,61)34-21-37-29(20-38(34)50-43(59)39-9-7-32-15-25(22-48)23-49-56(32)39)24-55(52-37)31-5-3-30(4-6-31)53-11-13-54(14-12-53)44(60)28-16-26(17-28)27-18-35(46)41(36(47)19-27)33-8-10-40(57)51-42(33)58/h7,9,15,18-21,23-24,26,28,30-31,33,61H,3-6,8,10-14,16-17H2,1-2H3,(H,50,59)(H,51,57,58)/t26?,28?,30?,31?,33-/m1/s1. The summed E-state index contributed by atoms with van der Waals surface area (Å²) < 4.78 is 33.8. The summed E-state index contributed by atoms with van der Waals surface area (Å²) in [5, 5.41) is 35.5. The molecule has 16 heteroatoms. The average Bonchev–Trinajstić information content (AvgIpc) is 3.84. The van der Waals surface area contributed by atoms with Crippen molar-refractivity contribution in [1.82, 2.24) is 34.5 Å². The SMILES string of the molecule is CC(C)(O)c1cc2nn(C3CCC(N4CCN(C(=O)C5CC(c6cc(F)c([C@H]7CCC(=O)NC7=O)c(F)c6)C5)CC4)CC3)cc2cc1NC(=O)c1ccc2cc(C#N)cnn12. The largest absolute Gasteiger partial charge is 0.386 e. The van der Waals surface area contributed by atoms with Gasteiger partial charge in [-0.1, -0.05) is 0 Å². The maximum atomic E-state index is 15.1. The molecule has 0 unspecified atom stereocenters. The Hall–Kier alpha value is -6.05. The summed E-state index contributed by atoms with van der Waals surface area (Å²) in [6.45, 7) is 6.17. The van der Waals surface area contributed by atoms with Gasteiger partial charge in [0, 0.05) is 73.0 Å². The van der Waals surface area contributed by atoms with Crippen LogP contribution in [0.3, 0.4) is 0 Å². The van der Waals surface area contributed by atoms with Crippen LogP contribution in [0, 0.1) is 28.9 Å². The number of nitrogens with zero attached hydrogens (tertiary/aromatic N) is 7. The van der Waals surface area contributed by atoms with Gasteiger partial charge in [0.15, 0.2) is 0 Å². The van der Waals surface area contributed by atoms with E-state index < -0.39 is 40.9 Å². The van der Waals surface area contributed by atoms with Gasteiger partial charge in [0.25, 0.3) is 5.91 Å². The Labute approximate surface area is 350 Å². The van der Waals surface area contributed by atoms with Crippen molar-refractivity contribution >= 4 is 45.7 Å². The normalized spacial score (nSPS) is 23.7. The van der Waals surface area contributed by atoms with E-state index >= 15 is 8.78 Å². The summed E-state index contributed by atoms with van der Waals surface area (Å²) in [5.41, 5.74) is 1.93. The Kier molecular flexibility index (Phi) is 10.4. The van der Waals surface area contributed by atoms with E-state index in [-0.39, 0.29) is 42.2 Å². The van der Waals surface area contributed by atoms with Crippen molar-refractivity contribution in [2.24, 2.45) is 5.92 Å². The zero-order chi connectivity index (χ0) is 42.7. The number of aromatic nitrogens is 4. The second-order valence-electron chi connectivity index (χ2n) is 17.6. The minimum atomic E-state index is -1.27. The van der Waals surface area contributed by atoms with Gasteiger partial charge >= 0.3 is 0 Å². The van der Waals surface area contributed by atoms with Crippen LogP contribution >= 0.6 is 0 Å². The van der Waals surface area contributed by atoms with Crippen molar-refractivity contribution in [3.8, 4) is 6.07 Å². The summed E-state index contributed by atoms with van der Waals surface area (Å²) in [5.74, 6) is -4.40. The monoisotopic (exact) mass is 831 g/mol. The summed E-state index contributed by atoms with van der Waals surface area (Å²) in [7, 11) is 0. The van der Waals surface area contributed by atoms with E-state index in [9.17, 15) is 29.5 Å². The van der Waals surface area contributed by atoms with Gasteiger partial charge in [-0.15, -0.1) is 0 Å². The Morgan fingerprint density at radius 2 is 1.66 bits per heavy atom. The minimum absolute atomic E-state index is 0.0317. The molecule has 2 saturated carbocycles. The van der Waals surface area contributed by atoms with Gasteiger partial charge in [-0.3, -0.25) is 34.1 Å². The van der Waals surface area contributed by atoms with Crippen LogP contribution in [0.15, 0.2) is 54.9 Å². The lowest BCUT2D eigenvalue weighted by atomic mass is 9.70. The van der Waals surface area contributed by atoms with E-state index in [2.05, 4.69) is 26.7 Å². The molecule has 0 bridgehead atoms. The maximum absolute atomic E-state index is 15.1. The van der Waals surface area contributed by atoms with Crippen molar-refractivity contribution in [2.45, 2.75) is 94.7 Å². The van der Waals surface area contributed by atoms with Crippen LogP contribution in [0.2, 0.25) is 0 Å². The predicted molar refractivity (Wildman–Crippen MR) is 219 cm³/mol. The first-order chi connectivity index (χ1) is 29.2. The molecule has 9 rings (SSSR count). The third-order valence-electron chi connectivity index (χ3n) is 13.3. The number of nitrogens with one attached hydrogen (secondary N) is 2. The van der Waals surface area contributed by atoms with Crippen molar-refractivity contribution in [3.63, 3.8) is 0 Å². The molecule has 1 atom stereocenters. The van der Waals surface area contributed by atoms with Gasteiger partial charge in [-0.2, -0.15) is 15.5 Å². The molecular formula is C45H47F2N9O5. The lowest BCUT2D eigenvalue weighted by molar-refractivity contribution is -0.141. The van der Waals surface area contributed by atoms with Gasteiger partial charge < -0.3 is 15.3 Å². The predicted octanol–water partition coefficient (Wildman–Crippen LogP) is 5.66. The van der Waals surface area contributed by atoms with Crippen LogP contribution < -0.4 is 10.6 Å². The smallest absolute Gasteiger partial charge is 0.274 e. The van der Waals surface area contributed by atoms with Crippen LogP contribution in [0.1, 0.15) is 116 Å². The lowest BCUT2D eigenvalue weighted by Crippen LogP contribution is -2.54. The van der Waals surface area contributed by atoms with Gasteiger partial charge in [0.05, 0.1) is 40.4 Å². The number of halogens is 2. The van der Waals surface area contributed by atoms with Gasteiger partial charge in [-0.25, -0.2) is 13.3 Å². The van der Waals surface area contributed by atoms with Crippen LogP contribution in [-0.2, 0) is 20.0 Å². The molecule has 4 amide bonds. The lowest BCUT2D eigenvalue weighted by Gasteiger charge is -2.44. The van der Waals surface area contributed by atoms with Crippen molar-refractivity contribution < 1.29 is 33.1 Å². The molecule has 4 fully saturated rings. The fourth-order valence-corrected chi connectivity index (χ4v) is 9.79. The number of piperazine rings is 1. The maximum Gasteiger partial charge on any atom is 0.274 e. The van der Waals surface area contributed by atoms with E-state index in [1.807, 2.05) is 27.9 Å². The van der Waals surface area contributed by atoms with Crippen molar-refractivity contribution in [1.29, 1.82) is 5.26 Å². The van der Waals surface area contributed by atoms with Gasteiger partial charge in [0.2, 0.25) is 17.7 Å². The highest BCUT2D eigenvalue weighted by atomic mass is 19.1. The highest BCUT2D eigenvalue weighted by Crippen LogP contribution is 2.44. The molecule has 2 saturated heterocycles. The Balaban J connectivity index is 0.778. The molecule has 2 aliphatic heterocycles. The number of piperidine rings is 1. The number of aliphatic hydroxyl groups is 1. The molecule has 316 valence electrons. The number of rotatable bonds is 8. The molecule has 0 radical (unpaired) electrons. The number of hydrogen-bond donors (Lipinski definition) is 3. The third-order valence-corrected chi connectivity index (χ3v) is 13.3. The summed E-state index contributed by atoms with van der Waals surface area (Å²) in [6, 6.07) is 13.9. The Bertz CT molecular complexity index is 2600. The molecule has 4 aliphatic rings. The van der Waals surface area contributed by atoms with Crippen LogP contribution in [0.4, 0.5) is 14.5 Å². The number of anilines is 1. The highest BCUT2D eigenvalue weighted by Gasteiger charge is 2.41. The van der Waals surface area contributed by atoms with E-state index in [0.29, 0.717) is 65.6 Å². The van der Waals surface area contributed by atoms with Crippen LogP contribution in [0.25, 0.3) is 16.4 Å². The summed E-state index contributed by atoms with van der Waals surface area (Å²) in [4.78, 5) is 55.2. The second-order valence-corrected chi connectivity index (χ2v) is 17.6. The molecular weight excluding hydrogens is 785 g/mol. The number of fused-ring (bicyclic) bond motifs is 2. The summed E-state index contributed by atoms with van der Waals surface area (Å²) in [6.07, 6.45) is 8.38. The number of benzene rings is 2. The minimum Gasteiger partial charge on any atom is -0.386 e. The zero-order valence-electron chi connectivity index (χ0n) is 34.0. The molecule has 3 N–H and O–H groups in total. The number of amides is 4. The fraction of sp³-hybridized carbons (Fsp3) is 0.444. The third kappa shape index (κ3) is 7.76. The Morgan fingerprint density at radius 3 is 2.33 bits per heavy atom. The molecule has 5 aromatic rings. The van der Waals surface area contributed by atoms with E-state index in [1.54, 1.807) is 32.0 Å². The number of hydrogen-bond acceptors (Lipinski definition) is 9. The van der Waals surface area contributed by atoms with E-state index in [1.165, 1.54) is 22.8 Å². The number of imide groups is 1. The van der Waals surface area contributed by atoms with Crippen molar-refractivity contribution in [2.75, 3.05) is 31.5 Å². The number of carbonyl (C=O) groups excluding carboxylic acids is 4. The van der Waals surface area contributed by atoms with Crippen molar-refractivity contribution in [3.05, 3.63) is 94.4 Å². The molecule has 5 heterocycles. The van der Waals surface area contributed by atoms with Crippen LogP contribution in [0.5, 0.6) is 0 Å². The number of carbonyl (C=O) groups is 4. The number of nitriles is 1. The van der Waals surface area contributed by atoms with Crippen LogP contribution in [-0.4, -0.2) is 90.2 Å². The fourth-order valence-electron chi connectivity index (χ4n) is 9.79. The quantitative estimate of drug-likeness (QED) is 0.167. The molecule has 2 aliphatic carbocycles. The molecule has 2 aromatic carbocycles. The zero-order valence-corrected chi connectivity index (χ0v) is 34.0. The molecule has 3 aromatic heterocycles. The molecule has 61 heavy (non-hydrogen) atoms. The first-order valence-corrected chi connectivity index (χ1v) is 21.0. The topological polar surface area (TPSA) is 178 Å². The van der Waals surface area contributed by atoms with E-state index in [4.69, 9.17) is 5.10 Å². The molecule has 0 spiro atoms. The van der Waals surface area contributed by atoms with Gasteiger partial charge in [-0.05, 0) is 113 Å². The average molecular weight is 832 g/mol. The Morgan fingerprint density at radius 1 is 0.951 bits per heavy atom. The first kappa shape index (κ1) is 40.4. The molecule has 14 nitrogen and oxygen atoms in total. The highest BCUT2D eigenvalue weighted by molar-refractivity contribution is 6.05. The van der Waals surface area contributed by atoms with E-state index in [0.717, 1.165) is 49.7 Å². The second kappa shape index (κ2) is 15.8. The summed E-state index contributed by atoms with van der Waals surface area (Å²) >= 11 is 0.